The Bertz CT molecular complexity index is 405. The van der Waals surface area contributed by atoms with Crippen LogP contribution >= 0.6 is 0 Å². The lowest BCUT2D eigenvalue weighted by Crippen LogP contribution is -3.11. The average Bonchev–Trinajstić information content (AvgIpc) is 2.42. The third-order valence-electron chi connectivity index (χ3n) is 3.89. The Morgan fingerprint density at radius 1 is 1.26 bits per heavy atom. The standard InChI is InChI=1S/C16H23NO2/c1-3-19-16(18)15-8-10-17(11-9-15)12-14-6-4-13(2)5-7-14/h4-7,15H,3,8-12H2,1-2H3/p+1. The summed E-state index contributed by atoms with van der Waals surface area (Å²) in [5.74, 6) is 0.124. The van der Waals surface area contributed by atoms with E-state index in [1.807, 2.05) is 6.92 Å². The molecule has 3 nitrogen and oxygen atoms in total. The van der Waals surface area contributed by atoms with Crippen molar-refractivity contribution in [3.05, 3.63) is 35.4 Å². The fraction of sp³-hybridized carbons (Fsp3) is 0.562. The van der Waals surface area contributed by atoms with Crippen molar-refractivity contribution in [2.75, 3.05) is 19.7 Å². The number of piperidine rings is 1. The van der Waals surface area contributed by atoms with Gasteiger partial charge in [0, 0.05) is 18.4 Å². The second kappa shape index (κ2) is 6.71. The van der Waals surface area contributed by atoms with E-state index >= 15 is 0 Å². The molecule has 0 radical (unpaired) electrons. The van der Waals surface area contributed by atoms with Gasteiger partial charge >= 0.3 is 5.97 Å². The van der Waals surface area contributed by atoms with E-state index in [-0.39, 0.29) is 11.9 Å². The molecule has 1 saturated heterocycles. The van der Waals surface area contributed by atoms with Crippen LogP contribution in [-0.4, -0.2) is 25.7 Å². The molecule has 1 fully saturated rings. The summed E-state index contributed by atoms with van der Waals surface area (Å²) >= 11 is 0. The number of carbonyl (C=O) groups is 1. The summed E-state index contributed by atoms with van der Waals surface area (Å²) < 4.78 is 5.10. The Morgan fingerprint density at radius 2 is 1.89 bits per heavy atom. The molecular weight excluding hydrogens is 238 g/mol. The van der Waals surface area contributed by atoms with Crippen LogP contribution in [0.4, 0.5) is 0 Å². The van der Waals surface area contributed by atoms with Crippen LogP contribution in [-0.2, 0) is 16.1 Å². The van der Waals surface area contributed by atoms with E-state index in [2.05, 4.69) is 31.2 Å². The van der Waals surface area contributed by atoms with Crippen LogP contribution in [0.25, 0.3) is 0 Å². The molecule has 1 aromatic carbocycles. The molecule has 0 saturated carbocycles. The lowest BCUT2D eigenvalue weighted by molar-refractivity contribution is -0.919. The zero-order chi connectivity index (χ0) is 13.7. The summed E-state index contributed by atoms with van der Waals surface area (Å²) in [4.78, 5) is 13.2. The number of carbonyl (C=O) groups excluding carboxylic acids is 1. The number of hydrogen-bond donors (Lipinski definition) is 1. The number of benzene rings is 1. The number of hydrogen-bond acceptors (Lipinski definition) is 2. The van der Waals surface area contributed by atoms with Crippen LogP contribution in [0.15, 0.2) is 24.3 Å². The smallest absolute Gasteiger partial charge is 0.309 e. The van der Waals surface area contributed by atoms with Gasteiger partial charge in [0.25, 0.3) is 0 Å². The molecule has 19 heavy (non-hydrogen) atoms. The molecule has 1 aliphatic heterocycles. The number of likely N-dealkylation sites (tertiary alicyclic amines) is 1. The van der Waals surface area contributed by atoms with Gasteiger partial charge in [-0.3, -0.25) is 4.79 Å². The highest BCUT2D eigenvalue weighted by atomic mass is 16.5. The maximum atomic E-state index is 11.7. The van der Waals surface area contributed by atoms with Crippen LogP contribution in [0, 0.1) is 12.8 Å². The summed E-state index contributed by atoms with van der Waals surface area (Å²) in [7, 11) is 0. The zero-order valence-electron chi connectivity index (χ0n) is 11.9. The van der Waals surface area contributed by atoms with Crippen LogP contribution < -0.4 is 4.90 Å². The zero-order valence-corrected chi connectivity index (χ0v) is 11.9. The summed E-state index contributed by atoms with van der Waals surface area (Å²) in [5, 5.41) is 0. The quantitative estimate of drug-likeness (QED) is 0.831. The van der Waals surface area contributed by atoms with E-state index in [1.54, 1.807) is 4.90 Å². The van der Waals surface area contributed by atoms with Crippen LogP contribution in [0.3, 0.4) is 0 Å². The van der Waals surface area contributed by atoms with Crippen molar-refractivity contribution in [2.24, 2.45) is 5.92 Å². The number of quaternary nitrogens is 1. The number of nitrogens with one attached hydrogen (secondary N) is 1. The summed E-state index contributed by atoms with van der Waals surface area (Å²) in [6.07, 6.45) is 1.92. The highest BCUT2D eigenvalue weighted by molar-refractivity contribution is 5.72. The van der Waals surface area contributed by atoms with Gasteiger partial charge in [0.05, 0.1) is 25.6 Å². The first-order chi connectivity index (χ1) is 9.19. The molecular formula is C16H24NO2+. The van der Waals surface area contributed by atoms with Gasteiger partial charge in [-0.05, 0) is 13.8 Å². The van der Waals surface area contributed by atoms with Gasteiger partial charge in [-0.25, -0.2) is 0 Å². The van der Waals surface area contributed by atoms with Gasteiger partial charge in [-0.15, -0.1) is 0 Å². The minimum absolute atomic E-state index is 0.00288. The topological polar surface area (TPSA) is 30.7 Å². The van der Waals surface area contributed by atoms with Crippen molar-refractivity contribution >= 4 is 5.97 Å². The predicted octanol–water partition coefficient (Wildman–Crippen LogP) is 1.35. The minimum Gasteiger partial charge on any atom is -0.466 e. The first-order valence-corrected chi connectivity index (χ1v) is 7.24. The van der Waals surface area contributed by atoms with E-state index in [0.717, 1.165) is 32.5 Å². The molecule has 0 atom stereocenters. The summed E-state index contributed by atoms with van der Waals surface area (Å²) in [6, 6.07) is 8.75. The first-order valence-electron chi connectivity index (χ1n) is 7.24. The van der Waals surface area contributed by atoms with Crippen molar-refractivity contribution < 1.29 is 14.4 Å². The van der Waals surface area contributed by atoms with Crippen molar-refractivity contribution in [2.45, 2.75) is 33.2 Å². The van der Waals surface area contributed by atoms with Gasteiger partial charge in [0.1, 0.15) is 6.54 Å². The Labute approximate surface area is 115 Å². The van der Waals surface area contributed by atoms with Gasteiger partial charge < -0.3 is 9.64 Å². The van der Waals surface area contributed by atoms with Crippen molar-refractivity contribution in [1.29, 1.82) is 0 Å². The lowest BCUT2D eigenvalue weighted by atomic mass is 9.96. The second-order valence-corrected chi connectivity index (χ2v) is 5.44. The Balaban J connectivity index is 1.80. The maximum absolute atomic E-state index is 11.7. The van der Waals surface area contributed by atoms with Crippen molar-refractivity contribution in [3.8, 4) is 0 Å². The average molecular weight is 262 g/mol. The molecule has 1 N–H and O–H groups in total. The number of esters is 1. The van der Waals surface area contributed by atoms with E-state index in [0.29, 0.717) is 6.61 Å². The summed E-state index contributed by atoms with van der Waals surface area (Å²) in [6.45, 7) is 7.68. The molecule has 3 heteroatoms. The maximum Gasteiger partial charge on any atom is 0.309 e. The van der Waals surface area contributed by atoms with Crippen molar-refractivity contribution in [3.63, 3.8) is 0 Å². The monoisotopic (exact) mass is 262 g/mol. The lowest BCUT2D eigenvalue weighted by Gasteiger charge is -2.28. The SMILES string of the molecule is CCOC(=O)C1CC[NH+](Cc2ccc(C)cc2)CC1. The molecule has 1 aliphatic rings. The molecule has 1 aromatic rings. The fourth-order valence-electron chi connectivity index (χ4n) is 2.69. The van der Waals surface area contributed by atoms with Crippen LogP contribution in [0.1, 0.15) is 30.9 Å². The molecule has 0 aromatic heterocycles. The first kappa shape index (κ1) is 14.1. The third-order valence-corrected chi connectivity index (χ3v) is 3.89. The minimum atomic E-state index is -0.00288. The largest absolute Gasteiger partial charge is 0.466 e. The number of rotatable bonds is 4. The van der Waals surface area contributed by atoms with Gasteiger partial charge in [0.15, 0.2) is 0 Å². The van der Waals surface area contributed by atoms with E-state index in [4.69, 9.17) is 4.74 Å². The summed E-state index contributed by atoms with van der Waals surface area (Å²) in [5.41, 5.74) is 2.69. The third kappa shape index (κ3) is 4.06. The van der Waals surface area contributed by atoms with Gasteiger partial charge in [-0.1, -0.05) is 29.8 Å². The Morgan fingerprint density at radius 3 is 2.47 bits per heavy atom. The normalized spacial score (nSPS) is 23.1. The van der Waals surface area contributed by atoms with Crippen molar-refractivity contribution in [1.82, 2.24) is 0 Å². The molecule has 104 valence electrons. The molecule has 0 unspecified atom stereocenters. The number of ether oxygens (including phenoxy) is 1. The molecule has 1 heterocycles. The van der Waals surface area contributed by atoms with Crippen LogP contribution in [0.5, 0.6) is 0 Å². The fourth-order valence-corrected chi connectivity index (χ4v) is 2.69. The van der Waals surface area contributed by atoms with E-state index in [1.165, 1.54) is 11.1 Å². The molecule has 0 bridgehead atoms. The Kier molecular flexibility index (Phi) is 4.97. The highest BCUT2D eigenvalue weighted by Gasteiger charge is 2.28. The highest BCUT2D eigenvalue weighted by Crippen LogP contribution is 2.12. The molecule has 0 aliphatic carbocycles. The second-order valence-electron chi connectivity index (χ2n) is 5.44. The van der Waals surface area contributed by atoms with E-state index in [9.17, 15) is 4.79 Å². The predicted molar refractivity (Wildman–Crippen MR) is 74.9 cm³/mol. The van der Waals surface area contributed by atoms with Gasteiger partial charge in [0.2, 0.25) is 0 Å². The molecule has 0 spiro atoms. The van der Waals surface area contributed by atoms with E-state index < -0.39 is 0 Å². The Hall–Kier alpha value is -1.35. The molecule has 2 rings (SSSR count). The molecule has 0 amide bonds. The van der Waals surface area contributed by atoms with Gasteiger partial charge in [-0.2, -0.15) is 0 Å². The van der Waals surface area contributed by atoms with Crippen LogP contribution in [0.2, 0.25) is 0 Å². The number of aryl methyl sites for hydroxylation is 1.